The maximum atomic E-state index is 12.6. The number of anilines is 1. The molecule has 0 aliphatic carbocycles. The van der Waals surface area contributed by atoms with Gasteiger partial charge < -0.3 is 10.6 Å². The molecule has 0 fully saturated rings. The minimum atomic E-state index is -0.0496. The average molecular weight is 331 g/mol. The molecule has 23 heavy (non-hydrogen) atoms. The number of carbonyl (C=O) groups is 1. The summed E-state index contributed by atoms with van der Waals surface area (Å²) in [6.45, 7) is 8.19. The van der Waals surface area contributed by atoms with Gasteiger partial charge in [0.25, 0.3) is 5.91 Å². The number of carbonyl (C=O) groups excluding carboxylic acids is 1. The van der Waals surface area contributed by atoms with Crippen molar-refractivity contribution in [3.8, 4) is 0 Å². The maximum absolute atomic E-state index is 12.6. The fraction of sp³-hybridized carbons (Fsp3) is 0.316. The highest BCUT2D eigenvalue weighted by molar-refractivity contribution is 6.05. The van der Waals surface area contributed by atoms with Gasteiger partial charge in [0.15, 0.2) is 0 Å². The summed E-state index contributed by atoms with van der Waals surface area (Å²) in [4.78, 5) is 12.6. The summed E-state index contributed by atoms with van der Waals surface area (Å²) in [7, 11) is 0. The van der Waals surface area contributed by atoms with Crippen molar-refractivity contribution in [2.45, 2.75) is 39.3 Å². The molecule has 0 saturated heterocycles. The first-order chi connectivity index (χ1) is 10.4. The predicted molar refractivity (Wildman–Crippen MR) is 97.3 cm³/mol. The monoisotopic (exact) mass is 330 g/mol. The Labute approximate surface area is 143 Å². The van der Waals surface area contributed by atoms with E-state index in [-0.39, 0.29) is 23.7 Å². The molecule has 1 aliphatic rings. The van der Waals surface area contributed by atoms with Crippen molar-refractivity contribution in [3.05, 3.63) is 64.7 Å². The summed E-state index contributed by atoms with van der Waals surface area (Å²) in [5, 5.41) is 6.37. The van der Waals surface area contributed by atoms with Crippen LogP contribution in [0.1, 0.15) is 47.8 Å². The molecule has 1 amide bonds. The Morgan fingerprint density at radius 2 is 1.74 bits per heavy atom. The minimum Gasteiger partial charge on any atom is -0.322 e. The molecule has 2 N–H and O–H groups in total. The summed E-state index contributed by atoms with van der Waals surface area (Å²) in [6.07, 6.45) is 0. The van der Waals surface area contributed by atoms with Crippen LogP contribution in [0.15, 0.2) is 42.5 Å². The number of hydrogen-bond acceptors (Lipinski definition) is 2. The Morgan fingerprint density at radius 3 is 2.48 bits per heavy atom. The normalized spacial score (nSPS) is 13.2. The van der Waals surface area contributed by atoms with Gasteiger partial charge in [-0.25, -0.2) is 0 Å². The van der Waals surface area contributed by atoms with Crippen LogP contribution >= 0.6 is 12.4 Å². The standard InChI is InChI=1S/C19H22N2O.ClH/c1-19(2,3)16-6-4-5-7-17(16)21-18(22)13-8-9-14-11-20-12-15(14)10-13;/h4-10,20H,11-12H2,1-3H3,(H,21,22);1H. The number of para-hydroxylation sites is 1. The highest BCUT2D eigenvalue weighted by Gasteiger charge is 2.19. The van der Waals surface area contributed by atoms with Crippen LogP contribution in [-0.2, 0) is 18.5 Å². The second kappa shape index (κ2) is 6.73. The summed E-state index contributed by atoms with van der Waals surface area (Å²) in [5.41, 5.74) is 5.24. The lowest BCUT2D eigenvalue weighted by Gasteiger charge is -2.23. The van der Waals surface area contributed by atoms with Gasteiger partial charge >= 0.3 is 0 Å². The Bertz CT molecular complexity index is 720. The lowest BCUT2D eigenvalue weighted by molar-refractivity contribution is 0.102. The molecule has 0 radical (unpaired) electrons. The fourth-order valence-corrected chi connectivity index (χ4v) is 2.88. The second-order valence-electron chi connectivity index (χ2n) is 6.84. The number of fused-ring (bicyclic) bond motifs is 1. The van der Waals surface area contributed by atoms with Crippen LogP contribution in [0, 0.1) is 0 Å². The van der Waals surface area contributed by atoms with Crippen molar-refractivity contribution >= 4 is 24.0 Å². The van der Waals surface area contributed by atoms with E-state index in [1.54, 1.807) is 0 Å². The third-order valence-corrected chi connectivity index (χ3v) is 4.08. The molecule has 122 valence electrons. The zero-order valence-corrected chi connectivity index (χ0v) is 14.6. The highest BCUT2D eigenvalue weighted by Crippen LogP contribution is 2.29. The van der Waals surface area contributed by atoms with Crippen molar-refractivity contribution < 1.29 is 4.79 Å². The van der Waals surface area contributed by atoms with Crippen molar-refractivity contribution in [3.63, 3.8) is 0 Å². The van der Waals surface area contributed by atoms with E-state index >= 15 is 0 Å². The largest absolute Gasteiger partial charge is 0.322 e. The summed E-state index contributed by atoms with van der Waals surface area (Å²) >= 11 is 0. The van der Waals surface area contributed by atoms with Crippen LogP contribution in [0.25, 0.3) is 0 Å². The third-order valence-electron chi connectivity index (χ3n) is 4.08. The van der Waals surface area contributed by atoms with E-state index in [9.17, 15) is 4.79 Å². The molecule has 0 unspecified atom stereocenters. The van der Waals surface area contributed by atoms with Crippen LogP contribution in [-0.4, -0.2) is 5.91 Å². The molecule has 0 aromatic heterocycles. The molecule has 4 heteroatoms. The molecule has 3 nitrogen and oxygen atoms in total. The third kappa shape index (κ3) is 3.74. The Balaban J connectivity index is 0.00000192. The minimum absolute atomic E-state index is 0. The topological polar surface area (TPSA) is 41.1 Å². The van der Waals surface area contributed by atoms with Crippen molar-refractivity contribution in [1.82, 2.24) is 5.32 Å². The molecule has 2 aromatic rings. The summed E-state index contributed by atoms with van der Waals surface area (Å²) < 4.78 is 0. The van der Waals surface area contributed by atoms with E-state index in [0.717, 1.165) is 24.3 Å². The van der Waals surface area contributed by atoms with Gasteiger partial charge in [0.1, 0.15) is 0 Å². The quantitative estimate of drug-likeness (QED) is 0.863. The van der Waals surface area contributed by atoms with Gasteiger partial charge in [0.2, 0.25) is 0 Å². The second-order valence-corrected chi connectivity index (χ2v) is 6.84. The Morgan fingerprint density at radius 1 is 1.04 bits per heavy atom. The summed E-state index contributed by atoms with van der Waals surface area (Å²) in [6, 6.07) is 13.9. The number of benzene rings is 2. The van der Waals surface area contributed by atoms with Crippen LogP contribution in [0.5, 0.6) is 0 Å². The van der Waals surface area contributed by atoms with Crippen molar-refractivity contribution in [1.29, 1.82) is 0 Å². The SMILES string of the molecule is CC(C)(C)c1ccccc1NC(=O)c1ccc2c(c1)CNC2.Cl. The molecule has 0 spiro atoms. The van der Waals surface area contributed by atoms with Crippen LogP contribution < -0.4 is 10.6 Å². The van der Waals surface area contributed by atoms with E-state index < -0.39 is 0 Å². The smallest absolute Gasteiger partial charge is 0.255 e. The molecule has 3 rings (SSSR count). The van der Waals surface area contributed by atoms with E-state index in [1.165, 1.54) is 11.1 Å². The van der Waals surface area contributed by atoms with Crippen LogP contribution in [0.4, 0.5) is 5.69 Å². The first kappa shape index (κ1) is 17.5. The van der Waals surface area contributed by atoms with Gasteiger partial charge in [-0.3, -0.25) is 4.79 Å². The van der Waals surface area contributed by atoms with Gasteiger partial charge in [0.05, 0.1) is 0 Å². The molecule has 0 bridgehead atoms. The van der Waals surface area contributed by atoms with E-state index in [2.05, 4.69) is 37.5 Å². The molecule has 1 heterocycles. The Kier molecular flexibility index (Phi) is 5.12. The maximum Gasteiger partial charge on any atom is 0.255 e. The van der Waals surface area contributed by atoms with Gasteiger partial charge in [-0.15, -0.1) is 12.4 Å². The molecule has 1 aliphatic heterocycles. The van der Waals surface area contributed by atoms with Gasteiger partial charge in [-0.1, -0.05) is 45.0 Å². The molecular weight excluding hydrogens is 308 g/mol. The van der Waals surface area contributed by atoms with E-state index in [1.807, 2.05) is 36.4 Å². The molecular formula is C19H23ClN2O. The number of halogens is 1. The summed E-state index contributed by atoms with van der Waals surface area (Å²) in [5.74, 6) is -0.0496. The zero-order chi connectivity index (χ0) is 15.7. The highest BCUT2D eigenvalue weighted by atomic mass is 35.5. The predicted octanol–water partition coefficient (Wildman–Crippen LogP) is 4.26. The number of hydrogen-bond donors (Lipinski definition) is 2. The van der Waals surface area contributed by atoms with Crippen molar-refractivity contribution in [2.24, 2.45) is 0 Å². The van der Waals surface area contributed by atoms with Gasteiger partial charge in [0, 0.05) is 24.3 Å². The lowest BCUT2D eigenvalue weighted by atomic mass is 9.86. The van der Waals surface area contributed by atoms with E-state index in [0.29, 0.717) is 5.56 Å². The molecule has 0 saturated carbocycles. The zero-order valence-electron chi connectivity index (χ0n) is 13.8. The average Bonchev–Trinajstić information content (AvgIpc) is 2.94. The number of nitrogens with one attached hydrogen (secondary N) is 2. The van der Waals surface area contributed by atoms with Gasteiger partial charge in [-0.05, 0) is 40.3 Å². The number of rotatable bonds is 2. The van der Waals surface area contributed by atoms with Gasteiger partial charge in [-0.2, -0.15) is 0 Å². The molecule has 0 atom stereocenters. The fourth-order valence-electron chi connectivity index (χ4n) is 2.88. The number of amides is 1. The molecule has 2 aromatic carbocycles. The Hall–Kier alpha value is -1.84. The lowest BCUT2D eigenvalue weighted by Crippen LogP contribution is -2.18. The van der Waals surface area contributed by atoms with E-state index in [4.69, 9.17) is 0 Å². The van der Waals surface area contributed by atoms with Crippen molar-refractivity contribution in [2.75, 3.05) is 5.32 Å². The first-order valence-corrected chi connectivity index (χ1v) is 7.68. The van der Waals surface area contributed by atoms with Crippen LogP contribution in [0.2, 0.25) is 0 Å². The van der Waals surface area contributed by atoms with Crippen LogP contribution in [0.3, 0.4) is 0 Å². The first-order valence-electron chi connectivity index (χ1n) is 7.68.